The minimum Gasteiger partial charge on any atom is -0.375 e. The van der Waals surface area contributed by atoms with Crippen molar-refractivity contribution in [3.8, 4) is 0 Å². The molecule has 0 aromatic carbocycles. The lowest BCUT2D eigenvalue weighted by Gasteiger charge is -2.24. The number of nitrogens with zero attached hydrogens (tertiary/aromatic N) is 2. The molecular formula is C8H8N4O3S. The van der Waals surface area contributed by atoms with Crippen molar-refractivity contribution < 1.29 is 14.4 Å². The van der Waals surface area contributed by atoms with Crippen LogP contribution in [0, 0.1) is 0 Å². The smallest absolute Gasteiger partial charge is 0.274 e. The highest BCUT2D eigenvalue weighted by Crippen LogP contribution is 2.13. The molecule has 3 amide bonds. The molecular weight excluding hydrogens is 232 g/mol. The second kappa shape index (κ2) is 3.89. The third-order valence-electron chi connectivity index (χ3n) is 1.98. The average Bonchev–Trinajstić information content (AvgIpc) is 2.62. The Hall–Kier alpha value is -1.96. The summed E-state index contributed by atoms with van der Waals surface area (Å²) in [5, 5.41) is 3.88. The van der Waals surface area contributed by atoms with E-state index in [1.807, 2.05) is 0 Å². The molecule has 1 aromatic heterocycles. The lowest BCUT2D eigenvalue weighted by molar-refractivity contribution is -0.135. The molecule has 1 aliphatic heterocycles. The number of carbonyl (C=O) groups excluding carboxylic acids is 3. The normalized spacial score (nSPS) is 16.1. The number of nitrogen functional groups attached to an aromatic ring is 1. The number of hydrogen-bond acceptors (Lipinski definition) is 6. The van der Waals surface area contributed by atoms with E-state index in [9.17, 15) is 14.4 Å². The highest BCUT2D eigenvalue weighted by molar-refractivity contribution is 7.13. The van der Waals surface area contributed by atoms with E-state index < -0.39 is 17.7 Å². The monoisotopic (exact) mass is 240 g/mol. The van der Waals surface area contributed by atoms with E-state index in [2.05, 4.69) is 10.3 Å². The van der Waals surface area contributed by atoms with Crippen molar-refractivity contribution in [3.63, 3.8) is 0 Å². The Morgan fingerprint density at radius 2 is 2.06 bits per heavy atom. The molecule has 2 rings (SSSR count). The molecule has 1 saturated heterocycles. The van der Waals surface area contributed by atoms with Gasteiger partial charge in [0.2, 0.25) is 11.8 Å². The van der Waals surface area contributed by atoms with Gasteiger partial charge < -0.3 is 10.6 Å². The lowest BCUT2D eigenvalue weighted by Crippen LogP contribution is -2.53. The van der Waals surface area contributed by atoms with Gasteiger partial charge in [-0.2, -0.15) is 0 Å². The van der Waals surface area contributed by atoms with Gasteiger partial charge in [-0.25, -0.2) is 4.98 Å². The SMILES string of the molecule is Nc1nc(C(=O)N2CC(=O)NC(=O)C2)cs1. The number of hydrogen-bond donors (Lipinski definition) is 2. The van der Waals surface area contributed by atoms with Crippen LogP contribution in [0.5, 0.6) is 0 Å². The minimum absolute atomic E-state index is 0.137. The minimum atomic E-state index is -0.493. The maximum absolute atomic E-state index is 11.8. The van der Waals surface area contributed by atoms with Crippen LogP contribution in [0.15, 0.2) is 5.38 Å². The van der Waals surface area contributed by atoms with Gasteiger partial charge in [0.05, 0.1) is 0 Å². The van der Waals surface area contributed by atoms with E-state index in [4.69, 9.17) is 5.73 Å². The number of imide groups is 1. The maximum Gasteiger partial charge on any atom is 0.274 e. The quantitative estimate of drug-likeness (QED) is 0.601. The van der Waals surface area contributed by atoms with Crippen molar-refractivity contribution in [2.75, 3.05) is 18.8 Å². The Morgan fingerprint density at radius 3 is 2.56 bits per heavy atom. The third-order valence-corrected chi connectivity index (χ3v) is 2.65. The van der Waals surface area contributed by atoms with Crippen LogP contribution in [0.4, 0.5) is 5.13 Å². The predicted octanol–water partition coefficient (Wildman–Crippen LogP) is -1.18. The second-order valence-electron chi connectivity index (χ2n) is 3.20. The van der Waals surface area contributed by atoms with E-state index in [1.165, 1.54) is 5.38 Å². The van der Waals surface area contributed by atoms with Gasteiger partial charge in [0, 0.05) is 5.38 Å². The molecule has 16 heavy (non-hydrogen) atoms. The van der Waals surface area contributed by atoms with Crippen LogP contribution >= 0.6 is 11.3 Å². The van der Waals surface area contributed by atoms with Gasteiger partial charge >= 0.3 is 0 Å². The van der Waals surface area contributed by atoms with E-state index in [-0.39, 0.29) is 23.9 Å². The Bertz CT molecular complexity index is 454. The number of piperazine rings is 1. The van der Waals surface area contributed by atoms with Crippen molar-refractivity contribution in [2.24, 2.45) is 0 Å². The van der Waals surface area contributed by atoms with Crippen molar-refractivity contribution in [1.29, 1.82) is 0 Å². The Balaban J connectivity index is 2.15. The number of nitrogens with two attached hydrogens (primary N) is 1. The highest BCUT2D eigenvalue weighted by atomic mass is 32.1. The molecule has 3 N–H and O–H groups in total. The van der Waals surface area contributed by atoms with Crippen molar-refractivity contribution in [3.05, 3.63) is 11.1 Å². The van der Waals surface area contributed by atoms with E-state index in [0.717, 1.165) is 16.2 Å². The zero-order valence-electron chi connectivity index (χ0n) is 8.10. The van der Waals surface area contributed by atoms with Crippen LogP contribution in [-0.2, 0) is 9.59 Å². The van der Waals surface area contributed by atoms with Gasteiger partial charge in [-0.05, 0) is 0 Å². The molecule has 7 nitrogen and oxygen atoms in total. The summed E-state index contributed by atoms with van der Waals surface area (Å²) in [6.45, 7) is -0.274. The molecule has 84 valence electrons. The van der Waals surface area contributed by atoms with Crippen molar-refractivity contribution in [2.45, 2.75) is 0 Å². The maximum atomic E-state index is 11.8. The fraction of sp³-hybridized carbons (Fsp3) is 0.250. The van der Waals surface area contributed by atoms with Gasteiger partial charge in [-0.15, -0.1) is 11.3 Å². The molecule has 0 spiro atoms. The predicted molar refractivity (Wildman–Crippen MR) is 55.6 cm³/mol. The third kappa shape index (κ3) is 2.01. The van der Waals surface area contributed by atoms with Gasteiger partial charge in [-0.1, -0.05) is 0 Å². The number of aromatic nitrogens is 1. The summed E-state index contributed by atoms with van der Waals surface area (Å²) in [6.07, 6.45) is 0. The molecule has 8 heteroatoms. The number of thiazole rings is 1. The molecule has 1 aliphatic rings. The van der Waals surface area contributed by atoms with Crippen molar-refractivity contribution in [1.82, 2.24) is 15.2 Å². The van der Waals surface area contributed by atoms with Crippen molar-refractivity contribution >= 4 is 34.2 Å². The molecule has 1 aromatic rings. The first-order valence-corrected chi connectivity index (χ1v) is 5.27. The van der Waals surface area contributed by atoms with Gasteiger partial charge in [-0.3, -0.25) is 19.7 Å². The summed E-state index contributed by atoms with van der Waals surface area (Å²) < 4.78 is 0. The summed E-state index contributed by atoms with van der Waals surface area (Å²) in [5.74, 6) is -1.45. The van der Waals surface area contributed by atoms with E-state index in [1.54, 1.807) is 0 Å². The molecule has 0 aliphatic carbocycles. The first kappa shape index (κ1) is 10.6. The van der Waals surface area contributed by atoms with E-state index >= 15 is 0 Å². The zero-order valence-corrected chi connectivity index (χ0v) is 8.91. The lowest BCUT2D eigenvalue weighted by atomic mass is 10.3. The molecule has 0 bridgehead atoms. The van der Waals surface area contributed by atoms with Crippen LogP contribution in [0.25, 0.3) is 0 Å². The van der Waals surface area contributed by atoms with Gasteiger partial charge in [0.25, 0.3) is 5.91 Å². The fourth-order valence-corrected chi connectivity index (χ4v) is 1.87. The Morgan fingerprint density at radius 1 is 1.44 bits per heavy atom. The van der Waals surface area contributed by atoms with Crippen LogP contribution in [0.3, 0.4) is 0 Å². The van der Waals surface area contributed by atoms with Crippen LogP contribution in [0.1, 0.15) is 10.5 Å². The summed E-state index contributed by atoms with van der Waals surface area (Å²) in [7, 11) is 0. The fourth-order valence-electron chi connectivity index (χ4n) is 1.33. The summed E-state index contributed by atoms with van der Waals surface area (Å²) in [5.41, 5.74) is 5.55. The van der Waals surface area contributed by atoms with E-state index in [0.29, 0.717) is 0 Å². The summed E-state index contributed by atoms with van der Waals surface area (Å²) >= 11 is 1.13. The standard InChI is InChI=1S/C8H8N4O3S/c9-8-10-4(3-16-8)7(15)12-1-5(13)11-6(14)2-12/h3H,1-2H2,(H2,9,10)(H,11,13,14). The Kier molecular flexibility index (Phi) is 2.57. The summed E-state index contributed by atoms with van der Waals surface area (Å²) in [6, 6.07) is 0. The first-order valence-electron chi connectivity index (χ1n) is 4.39. The number of rotatable bonds is 1. The first-order chi connectivity index (χ1) is 7.56. The summed E-state index contributed by atoms with van der Waals surface area (Å²) in [4.78, 5) is 38.8. The molecule has 0 radical (unpaired) electrons. The number of carbonyl (C=O) groups is 3. The van der Waals surface area contributed by atoms with Crippen LogP contribution < -0.4 is 11.1 Å². The molecule has 1 fully saturated rings. The molecule has 2 heterocycles. The second-order valence-corrected chi connectivity index (χ2v) is 4.09. The average molecular weight is 240 g/mol. The van der Waals surface area contributed by atoms with Gasteiger partial charge in [0.15, 0.2) is 5.13 Å². The highest BCUT2D eigenvalue weighted by Gasteiger charge is 2.28. The topological polar surface area (TPSA) is 105 Å². The molecule has 0 unspecified atom stereocenters. The number of anilines is 1. The number of nitrogens with one attached hydrogen (secondary N) is 1. The molecule has 0 atom stereocenters. The number of amides is 3. The Labute approximate surface area is 94.2 Å². The van der Waals surface area contributed by atoms with Crippen LogP contribution in [0.2, 0.25) is 0 Å². The van der Waals surface area contributed by atoms with Gasteiger partial charge in [0.1, 0.15) is 18.8 Å². The van der Waals surface area contributed by atoms with Crippen LogP contribution in [-0.4, -0.2) is 40.7 Å². The molecule has 0 saturated carbocycles. The zero-order chi connectivity index (χ0) is 11.7. The largest absolute Gasteiger partial charge is 0.375 e.